The molecule has 3 nitrogen and oxygen atoms in total. The third-order valence-electron chi connectivity index (χ3n) is 1.57. The first kappa shape index (κ1) is 6.26. The van der Waals surface area contributed by atoms with E-state index in [-0.39, 0.29) is 18.2 Å². The molecule has 1 aliphatic rings. The summed E-state index contributed by atoms with van der Waals surface area (Å²) in [7, 11) is 0. The van der Waals surface area contributed by atoms with E-state index < -0.39 is 5.60 Å². The van der Waals surface area contributed by atoms with Crippen LogP contribution in [0.3, 0.4) is 0 Å². The van der Waals surface area contributed by atoms with Crippen molar-refractivity contribution in [3.05, 3.63) is 0 Å². The van der Waals surface area contributed by atoms with Crippen molar-refractivity contribution < 1.29 is 14.3 Å². The minimum Gasteiger partial charge on any atom is -0.451 e. The fraction of sp³-hybridized carbons (Fsp3) is 0.667. The fourth-order valence-corrected chi connectivity index (χ4v) is 0.715. The van der Waals surface area contributed by atoms with Crippen molar-refractivity contribution in [2.75, 3.05) is 0 Å². The summed E-state index contributed by atoms with van der Waals surface area (Å²) in [6.45, 7) is 3.04. The molecule has 0 spiro atoms. The van der Waals surface area contributed by atoms with Gasteiger partial charge in [-0.2, -0.15) is 0 Å². The van der Waals surface area contributed by atoms with Crippen molar-refractivity contribution in [1.29, 1.82) is 0 Å². The first-order chi connectivity index (χ1) is 4.04. The van der Waals surface area contributed by atoms with Gasteiger partial charge in [0.2, 0.25) is 0 Å². The van der Waals surface area contributed by atoms with Gasteiger partial charge in [0, 0.05) is 0 Å². The highest BCUT2D eigenvalue weighted by Crippen LogP contribution is 2.27. The van der Waals surface area contributed by atoms with E-state index in [1.54, 1.807) is 6.92 Å². The molecule has 1 atom stereocenters. The van der Waals surface area contributed by atoms with Crippen LogP contribution in [0.1, 0.15) is 20.3 Å². The molecule has 0 radical (unpaired) electrons. The van der Waals surface area contributed by atoms with Gasteiger partial charge in [-0.1, -0.05) is 0 Å². The van der Waals surface area contributed by atoms with E-state index in [4.69, 9.17) is 0 Å². The van der Waals surface area contributed by atoms with Gasteiger partial charge >= 0.3 is 5.97 Å². The van der Waals surface area contributed by atoms with Gasteiger partial charge in [0.15, 0.2) is 11.4 Å². The molecule has 1 rings (SSSR count). The third-order valence-corrected chi connectivity index (χ3v) is 1.57. The van der Waals surface area contributed by atoms with Crippen LogP contribution in [0.15, 0.2) is 0 Å². The maximum atomic E-state index is 10.6. The molecule has 0 saturated carbocycles. The molecular formula is C6H8O3. The second-order valence-electron chi connectivity index (χ2n) is 2.44. The lowest BCUT2D eigenvalue weighted by molar-refractivity contribution is -0.190. The number of cyclic esters (lactones) is 1. The van der Waals surface area contributed by atoms with E-state index >= 15 is 0 Å². The summed E-state index contributed by atoms with van der Waals surface area (Å²) in [4.78, 5) is 20.9. The van der Waals surface area contributed by atoms with E-state index in [0.717, 1.165) is 0 Å². The molecule has 1 aliphatic heterocycles. The number of esters is 1. The average molecular weight is 128 g/mol. The largest absolute Gasteiger partial charge is 0.451 e. The Kier molecular flexibility index (Phi) is 1.08. The molecule has 9 heavy (non-hydrogen) atoms. The predicted molar refractivity (Wildman–Crippen MR) is 29.8 cm³/mol. The second-order valence-corrected chi connectivity index (χ2v) is 2.44. The molecule has 0 aliphatic carbocycles. The van der Waals surface area contributed by atoms with Gasteiger partial charge in [0.1, 0.15) is 0 Å². The second kappa shape index (κ2) is 1.56. The normalized spacial score (nSPS) is 32.9. The molecule has 0 bridgehead atoms. The van der Waals surface area contributed by atoms with Crippen molar-refractivity contribution >= 4 is 11.8 Å². The number of hydrogen-bond acceptors (Lipinski definition) is 3. The zero-order chi connectivity index (χ0) is 7.07. The van der Waals surface area contributed by atoms with E-state index in [0.29, 0.717) is 0 Å². The lowest BCUT2D eigenvalue weighted by Crippen LogP contribution is -2.50. The molecule has 0 aromatic carbocycles. The van der Waals surface area contributed by atoms with Crippen LogP contribution in [0.4, 0.5) is 0 Å². The van der Waals surface area contributed by atoms with E-state index in [1.165, 1.54) is 6.92 Å². The molecule has 3 heteroatoms. The quantitative estimate of drug-likeness (QED) is 0.476. The highest BCUT2D eigenvalue weighted by atomic mass is 16.6. The van der Waals surface area contributed by atoms with Crippen LogP contribution in [0.25, 0.3) is 0 Å². The lowest BCUT2D eigenvalue weighted by Gasteiger charge is -2.34. The Labute approximate surface area is 53.0 Å². The summed E-state index contributed by atoms with van der Waals surface area (Å²) >= 11 is 0. The summed E-state index contributed by atoms with van der Waals surface area (Å²) in [5, 5.41) is 0. The Hall–Kier alpha value is -0.860. The van der Waals surface area contributed by atoms with Crippen LogP contribution in [0, 0.1) is 0 Å². The summed E-state index contributed by atoms with van der Waals surface area (Å²) in [6, 6.07) is 0. The Morgan fingerprint density at radius 3 is 2.33 bits per heavy atom. The summed E-state index contributed by atoms with van der Waals surface area (Å²) in [6.07, 6.45) is 0.238. The molecule has 1 saturated heterocycles. The molecule has 50 valence electrons. The van der Waals surface area contributed by atoms with Crippen LogP contribution in [-0.2, 0) is 14.3 Å². The van der Waals surface area contributed by atoms with Gasteiger partial charge in [0.05, 0.1) is 6.42 Å². The Morgan fingerprint density at radius 2 is 2.22 bits per heavy atom. The Balaban J connectivity index is 2.60. The molecule has 1 heterocycles. The van der Waals surface area contributed by atoms with Gasteiger partial charge in [-0.05, 0) is 13.8 Å². The number of ketones is 1. The smallest absolute Gasteiger partial charge is 0.311 e. The first-order valence-corrected chi connectivity index (χ1v) is 2.77. The van der Waals surface area contributed by atoms with E-state index in [1.807, 2.05) is 0 Å². The minimum atomic E-state index is -0.795. The minimum absolute atomic E-state index is 0.0814. The molecule has 0 unspecified atom stereocenters. The van der Waals surface area contributed by atoms with E-state index in [9.17, 15) is 9.59 Å². The lowest BCUT2D eigenvalue weighted by atomic mass is 9.93. The van der Waals surface area contributed by atoms with Gasteiger partial charge in [0.25, 0.3) is 0 Å². The van der Waals surface area contributed by atoms with E-state index in [2.05, 4.69) is 4.74 Å². The van der Waals surface area contributed by atoms with Crippen molar-refractivity contribution in [3.8, 4) is 0 Å². The van der Waals surface area contributed by atoms with Crippen LogP contribution in [-0.4, -0.2) is 17.4 Å². The van der Waals surface area contributed by atoms with Crippen LogP contribution < -0.4 is 0 Å². The Morgan fingerprint density at radius 1 is 1.78 bits per heavy atom. The standard InChI is InChI=1S/C6H8O3/c1-4(7)6(2)3-5(8)9-6/h3H2,1-2H3/t6-/m0/s1. The average Bonchev–Trinajstić information content (AvgIpc) is 1.62. The van der Waals surface area contributed by atoms with Crippen molar-refractivity contribution in [2.24, 2.45) is 0 Å². The number of Topliss-reactive ketones (excluding diaryl/α,β-unsaturated/α-hetero) is 1. The number of carbonyl (C=O) groups excluding carboxylic acids is 2. The third kappa shape index (κ3) is 0.823. The predicted octanol–water partition coefficient (Wildman–Crippen LogP) is 0.281. The molecule has 0 aromatic heterocycles. The zero-order valence-corrected chi connectivity index (χ0v) is 5.43. The van der Waals surface area contributed by atoms with Gasteiger partial charge in [-0.25, -0.2) is 0 Å². The highest BCUT2D eigenvalue weighted by Gasteiger charge is 2.45. The van der Waals surface area contributed by atoms with Crippen LogP contribution in [0.5, 0.6) is 0 Å². The van der Waals surface area contributed by atoms with Gasteiger partial charge in [-0.3, -0.25) is 9.59 Å². The SMILES string of the molecule is CC(=O)[C@]1(C)CC(=O)O1. The first-order valence-electron chi connectivity index (χ1n) is 2.77. The van der Waals surface area contributed by atoms with Crippen molar-refractivity contribution in [1.82, 2.24) is 0 Å². The highest BCUT2D eigenvalue weighted by molar-refractivity contribution is 5.95. The molecule has 1 fully saturated rings. The number of hydrogen-bond donors (Lipinski definition) is 0. The number of rotatable bonds is 1. The maximum absolute atomic E-state index is 10.6. The van der Waals surface area contributed by atoms with Crippen LogP contribution >= 0.6 is 0 Å². The number of ether oxygens (including phenoxy) is 1. The van der Waals surface area contributed by atoms with Crippen molar-refractivity contribution in [3.63, 3.8) is 0 Å². The zero-order valence-electron chi connectivity index (χ0n) is 5.43. The Bertz CT molecular complexity index is 163. The molecule has 0 aromatic rings. The molecule has 0 N–H and O–H groups in total. The topological polar surface area (TPSA) is 43.4 Å². The van der Waals surface area contributed by atoms with Gasteiger partial charge in [-0.15, -0.1) is 0 Å². The fourth-order valence-electron chi connectivity index (χ4n) is 0.715. The summed E-state index contributed by atoms with van der Waals surface area (Å²) < 4.78 is 4.60. The van der Waals surface area contributed by atoms with Crippen LogP contribution in [0.2, 0.25) is 0 Å². The maximum Gasteiger partial charge on any atom is 0.311 e. The van der Waals surface area contributed by atoms with Gasteiger partial charge < -0.3 is 4.74 Å². The molecular weight excluding hydrogens is 120 g/mol. The monoisotopic (exact) mass is 128 g/mol. The molecule has 0 amide bonds. The summed E-state index contributed by atoms with van der Waals surface area (Å²) in [5.74, 6) is -0.366. The number of carbonyl (C=O) groups is 2. The summed E-state index contributed by atoms with van der Waals surface area (Å²) in [5.41, 5.74) is -0.795. The van der Waals surface area contributed by atoms with Crippen molar-refractivity contribution in [2.45, 2.75) is 25.9 Å².